The number of benzene rings is 2. The topological polar surface area (TPSA) is 55.4 Å². The predicted molar refractivity (Wildman–Crippen MR) is 89.5 cm³/mol. The summed E-state index contributed by atoms with van der Waals surface area (Å²) >= 11 is 14.9. The Labute approximate surface area is 149 Å². The second kappa shape index (κ2) is 7.77. The molecule has 0 unspecified atom stereocenters. The molecule has 0 saturated carbocycles. The van der Waals surface area contributed by atoms with Gasteiger partial charge in [0.05, 0.1) is 21.3 Å². The number of nitrogens with one attached hydrogen (secondary N) is 1. The lowest BCUT2D eigenvalue weighted by Gasteiger charge is -2.10. The quantitative estimate of drug-likeness (QED) is 0.730. The van der Waals surface area contributed by atoms with Crippen molar-refractivity contribution in [2.45, 2.75) is 0 Å². The van der Waals surface area contributed by atoms with Gasteiger partial charge in [-0.15, -0.1) is 0 Å². The number of ether oxygens (including phenoxy) is 1. The minimum absolute atomic E-state index is 0.215. The van der Waals surface area contributed by atoms with E-state index in [1.807, 2.05) is 0 Å². The molecule has 0 fully saturated rings. The van der Waals surface area contributed by atoms with E-state index in [0.29, 0.717) is 4.47 Å². The molecule has 0 aliphatic carbocycles. The minimum atomic E-state index is -0.949. The number of halogens is 4. The van der Waals surface area contributed by atoms with Crippen molar-refractivity contribution in [3.8, 4) is 0 Å². The molecule has 2 aromatic rings. The first-order valence-electron chi connectivity index (χ1n) is 6.24. The van der Waals surface area contributed by atoms with E-state index in [0.717, 1.165) is 6.07 Å². The van der Waals surface area contributed by atoms with Crippen molar-refractivity contribution in [3.63, 3.8) is 0 Å². The van der Waals surface area contributed by atoms with Crippen molar-refractivity contribution in [1.82, 2.24) is 0 Å². The minimum Gasteiger partial charge on any atom is -0.452 e. The summed E-state index contributed by atoms with van der Waals surface area (Å²) < 4.78 is 18.9. The zero-order valence-corrected chi connectivity index (χ0v) is 14.5. The SMILES string of the molecule is O=C(COC(=O)c1ccc(Br)cc1F)Nc1c(Cl)cccc1Cl. The number of amides is 1. The molecule has 0 aliphatic rings. The largest absolute Gasteiger partial charge is 0.452 e. The Morgan fingerprint density at radius 3 is 2.43 bits per heavy atom. The summed E-state index contributed by atoms with van der Waals surface area (Å²) in [6.07, 6.45) is 0. The maximum Gasteiger partial charge on any atom is 0.341 e. The number of hydrogen-bond donors (Lipinski definition) is 1. The van der Waals surface area contributed by atoms with Crippen LogP contribution in [0.3, 0.4) is 0 Å². The Morgan fingerprint density at radius 1 is 1.17 bits per heavy atom. The standard InChI is InChI=1S/C15H9BrCl2FNO3/c16-8-4-5-9(12(19)6-8)15(22)23-7-13(21)20-14-10(17)2-1-3-11(14)18/h1-6H,7H2,(H,20,21). The fourth-order valence-corrected chi connectivity index (χ4v) is 2.48. The van der Waals surface area contributed by atoms with E-state index in [-0.39, 0.29) is 21.3 Å². The molecule has 4 nitrogen and oxygen atoms in total. The van der Waals surface area contributed by atoms with E-state index in [4.69, 9.17) is 27.9 Å². The number of hydrogen-bond acceptors (Lipinski definition) is 3. The molecule has 0 aliphatic heterocycles. The molecule has 0 aromatic heterocycles. The van der Waals surface area contributed by atoms with Crippen LogP contribution in [-0.2, 0) is 9.53 Å². The Balaban J connectivity index is 1.98. The lowest BCUT2D eigenvalue weighted by Crippen LogP contribution is -2.21. The number of carbonyl (C=O) groups excluding carboxylic acids is 2. The highest BCUT2D eigenvalue weighted by atomic mass is 79.9. The van der Waals surface area contributed by atoms with Gasteiger partial charge in [-0.05, 0) is 30.3 Å². The van der Waals surface area contributed by atoms with Crippen molar-refractivity contribution in [2.24, 2.45) is 0 Å². The smallest absolute Gasteiger partial charge is 0.341 e. The van der Waals surface area contributed by atoms with Gasteiger partial charge in [0.15, 0.2) is 6.61 Å². The highest BCUT2D eigenvalue weighted by Gasteiger charge is 2.16. The summed E-state index contributed by atoms with van der Waals surface area (Å²) in [6.45, 7) is -0.601. The fraction of sp³-hybridized carbons (Fsp3) is 0.0667. The van der Waals surface area contributed by atoms with Crippen molar-refractivity contribution in [3.05, 3.63) is 62.3 Å². The lowest BCUT2D eigenvalue weighted by atomic mass is 10.2. The van der Waals surface area contributed by atoms with Crippen molar-refractivity contribution in [2.75, 3.05) is 11.9 Å². The highest BCUT2D eigenvalue weighted by Crippen LogP contribution is 2.29. The molecule has 0 heterocycles. The number of esters is 1. The van der Waals surface area contributed by atoms with E-state index < -0.39 is 24.3 Å². The first-order valence-corrected chi connectivity index (χ1v) is 7.79. The van der Waals surface area contributed by atoms with Crippen LogP contribution in [0.1, 0.15) is 10.4 Å². The van der Waals surface area contributed by atoms with Crippen LogP contribution in [0.15, 0.2) is 40.9 Å². The van der Waals surface area contributed by atoms with Crippen molar-refractivity contribution in [1.29, 1.82) is 0 Å². The zero-order valence-electron chi connectivity index (χ0n) is 11.4. The van der Waals surface area contributed by atoms with Gasteiger partial charge >= 0.3 is 5.97 Å². The third kappa shape index (κ3) is 4.67. The molecular formula is C15H9BrCl2FNO3. The van der Waals surface area contributed by atoms with Crippen LogP contribution >= 0.6 is 39.1 Å². The van der Waals surface area contributed by atoms with Crippen molar-refractivity contribution >= 4 is 56.7 Å². The van der Waals surface area contributed by atoms with Gasteiger partial charge in [0.25, 0.3) is 5.91 Å². The predicted octanol–water partition coefficient (Wildman–Crippen LogP) is 4.69. The highest BCUT2D eigenvalue weighted by molar-refractivity contribution is 9.10. The molecule has 2 aromatic carbocycles. The molecule has 0 atom stereocenters. The summed E-state index contributed by atoms with van der Waals surface area (Å²) in [5.41, 5.74) is -0.0523. The molecule has 0 spiro atoms. The average Bonchev–Trinajstić information content (AvgIpc) is 2.49. The van der Waals surface area contributed by atoms with Crippen LogP contribution in [0.25, 0.3) is 0 Å². The molecule has 8 heteroatoms. The van der Waals surface area contributed by atoms with Crippen LogP contribution < -0.4 is 5.32 Å². The van der Waals surface area contributed by atoms with E-state index in [2.05, 4.69) is 21.2 Å². The third-order valence-corrected chi connectivity index (χ3v) is 3.84. The summed E-state index contributed by atoms with van der Waals surface area (Å²) in [5, 5.41) is 2.92. The summed E-state index contributed by atoms with van der Waals surface area (Å²) in [6, 6.07) is 8.59. The summed E-state index contributed by atoms with van der Waals surface area (Å²) in [5.74, 6) is -2.35. The first-order chi connectivity index (χ1) is 10.9. The zero-order chi connectivity index (χ0) is 17.0. The van der Waals surface area contributed by atoms with Gasteiger partial charge in [-0.1, -0.05) is 45.2 Å². The number of para-hydroxylation sites is 1. The first kappa shape index (κ1) is 17.7. The average molecular weight is 421 g/mol. The van der Waals surface area contributed by atoms with Crippen LogP contribution in [0.4, 0.5) is 10.1 Å². The number of carbonyl (C=O) groups is 2. The van der Waals surface area contributed by atoms with Gasteiger partial charge in [0, 0.05) is 4.47 Å². The van der Waals surface area contributed by atoms with Gasteiger partial charge in [0.1, 0.15) is 5.82 Å². The molecule has 2 rings (SSSR count). The van der Waals surface area contributed by atoms with Crippen LogP contribution in [-0.4, -0.2) is 18.5 Å². The van der Waals surface area contributed by atoms with Gasteiger partial charge in [-0.2, -0.15) is 0 Å². The fourth-order valence-electron chi connectivity index (χ4n) is 1.66. The Bertz CT molecular complexity index is 750. The molecule has 120 valence electrons. The Morgan fingerprint density at radius 2 is 1.83 bits per heavy atom. The Kier molecular flexibility index (Phi) is 5.98. The number of anilines is 1. The maximum atomic E-state index is 13.6. The van der Waals surface area contributed by atoms with E-state index >= 15 is 0 Å². The van der Waals surface area contributed by atoms with Crippen molar-refractivity contribution < 1.29 is 18.7 Å². The molecule has 0 saturated heterocycles. The molecule has 1 amide bonds. The van der Waals surface area contributed by atoms with E-state index in [1.54, 1.807) is 18.2 Å². The van der Waals surface area contributed by atoms with Crippen LogP contribution in [0.2, 0.25) is 10.0 Å². The summed E-state index contributed by atoms with van der Waals surface area (Å²) in [7, 11) is 0. The van der Waals surface area contributed by atoms with E-state index in [9.17, 15) is 14.0 Å². The van der Waals surface area contributed by atoms with Crippen LogP contribution in [0, 0.1) is 5.82 Å². The molecule has 0 bridgehead atoms. The van der Waals surface area contributed by atoms with Crippen LogP contribution in [0.5, 0.6) is 0 Å². The second-order valence-corrected chi connectivity index (χ2v) is 6.08. The van der Waals surface area contributed by atoms with Gasteiger partial charge in [-0.25, -0.2) is 9.18 Å². The molecule has 23 heavy (non-hydrogen) atoms. The van der Waals surface area contributed by atoms with E-state index in [1.165, 1.54) is 12.1 Å². The second-order valence-electron chi connectivity index (χ2n) is 4.35. The normalized spacial score (nSPS) is 10.3. The molecule has 1 N–H and O–H groups in total. The molecular weight excluding hydrogens is 412 g/mol. The van der Waals surface area contributed by atoms with Gasteiger partial charge in [0.2, 0.25) is 0 Å². The van der Waals surface area contributed by atoms with Gasteiger partial charge in [-0.3, -0.25) is 4.79 Å². The van der Waals surface area contributed by atoms with Gasteiger partial charge < -0.3 is 10.1 Å². The third-order valence-electron chi connectivity index (χ3n) is 2.71. The lowest BCUT2D eigenvalue weighted by molar-refractivity contribution is -0.119. The summed E-state index contributed by atoms with van der Waals surface area (Å²) in [4.78, 5) is 23.5. The Hall–Kier alpha value is -1.63. The maximum absolute atomic E-state index is 13.6. The monoisotopic (exact) mass is 419 g/mol. The number of rotatable bonds is 4. The molecule has 0 radical (unpaired) electrons.